The summed E-state index contributed by atoms with van der Waals surface area (Å²) in [4.78, 5) is 0. The summed E-state index contributed by atoms with van der Waals surface area (Å²) in [6.45, 7) is 1.72. The normalized spacial score (nSPS) is 17.2. The zero-order chi connectivity index (χ0) is 17.4. The summed E-state index contributed by atoms with van der Waals surface area (Å²) < 4.78 is 26.5. The molecule has 1 atom stereocenters. The van der Waals surface area contributed by atoms with E-state index in [-0.39, 0.29) is 11.9 Å². The summed E-state index contributed by atoms with van der Waals surface area (Å²) in [5.74, 6) is 0.464. The third kappa shape index (κ3) is 3.11. The number of rotatable bonds is 3. The van der Waals surface area contributed by atoms with Crippen molar-refractivity contribution in [3.8, 4) is 11.4 Å². The van der Waals surface area contributed by atoms with Gasteiger partial charge < -0.3 is 19.4 Å². The standard InChI is InChI=1S/C19H18ClFN2O2/c1-24-10-15-11-25-19-13(9-22-15)7-16(8-17(19)20)23-5-4-12-6-14(21)2-3-18(12)23/h2-8,15,22H,9-11H2,1H3. The maximum atomic E-state index is 13.4. The van der Waals surface area contributed by atoms with Crippen LogP contribution in [-0.2, 0) is 11.3 Å². The van der Waals surface area contributed by atoms with Crippen LogP contribution in [0.25, 0.3) is 16.6 Å². The summed E-state index contributed by atoms with van der Waals surface area (Å²) in [5, 5.41) is 4.83. The molecule has 0 bridgehead atoms. The van der Waals surface area contributed by atoms with Crippen molar-refractivity contribution >= 4 is 22.5 Å². The van der Waals surface area contributed by atoms with E-state index in [0.29, 0.717) is 30.5 Å². The summed E-state index contributed by atoms with van der Waals surface area (Å²) in [6.07, 6.45) is 1.92. The lowest BCUT2D eigenvalue weighted by atomic mass is 10.1. The van der Waals surface area contributed by atoms with Gasteiger partial charge in [0.05, 0.1) is 23.2 Å². The van der Waals surface area contributed by atoms with Crippen LogP contribution in [0.4, 0.5) is 4.39 Å². The van der Waals surface area contributed by atoms with Crippen LogP contribution in [0.2, 0.25) is 5.02 Å². The molecular formula is C19H18ClFN2O2. The molecule has 4 nitrogen and oxygen atoms in total. The molecule has 0 saturated heterocycles. The Kier molecular flexibility index (Phi) is 4.37. The molecule has 0 saturated carbocycles. The van der Waals surface area contributed by atoms with E-state index in [0.717, 1.165) is 22.2 Å². The number of methoxy groups -OCH3 is 1. The monoisotopic (exact) mass is 360 g/mol. The van der Waals surface area contributed by atoms with Crippen LogP contribution in [0.5, 0.6) is 5.75 Å². The van der Waals surface area contributed by atoms with Crippen LogP contribution >= 0.6 is 11.6 Å². The van der Waals surface area contributed by atoms with Crippen molar-refractivity contribution in [2.45, 2.75) is 12.6 Å². The first-order chi connectivity index (χ1) is 12.2. The smallest absolute Gasteiger partial charge is 0.142 e. The Morgan fingerprint density at radius 1 is 1.32 bits per heavy atom. The first-order valence-corrected chi connectivity index (χ1v) is 8.48. The Morgan fingerprint density at radius 2 is 2.20 bits per heavy atom. The van der Waals surface area contributed by atoms with Crippen LogP contribution in [0, 0.1) is 5.82 Å². The van der Waals surface area contributed by atoms with Crippen molar-refractivity contribution in [1.82, 2.24) is 9.88 Å². The molecule has 2 aromatic carbocycles. The number of hydrogen-bond acceptors (Lipinski definition) is 3. The molecular weight excluding hydrogens is 343 g/mol. The summed E-state index contributed by atoms with van der Waals surface area (Å²) in [5.41, 5.74) is 2.84. The minimum atomic E-state index is -0.244. The number of nitrogens with zero attached hydrogens (tertiary/aromatic N) is 1. The van der Waals surface area contributed by atoms with E-state index in [9.17, 15) is 4.39 Å². The second kappa shape index (κ2) is 6.67. The number of nitrogens with one attached hydrogen (secondary N) is 1. The molecule has 0 spiro atoms. The molecule has 6 heteroatoms. The van der Waals surface area contributed by atoms with E-state index in [2.05, 4.69) is 5.32 Å². The van der Waals surface area contributed by atoms with E-state index >= 15 is 0 Å². The molecule has 4 rings (SSSR count). The van der Waals surface area contributed by atoms with Crippen molar-refractivity contribution in [2.24, 2.45) is 0 Å². The lowest BCUT2D eigenvalue weighted by Gasteiger charge is -2.14. The highest BCUT2D eigenvalue weighted by molar-refractivity contribution is 6.32. The van der Waals surface area contributed by atoms with Gasteiger partial charge in [-0.25, -0.2) is 4.39 Å². The van der Waals surface area contributed by atoms with E-state index in [1.807, 2.05) is 29.0 Å². The maximum Gasteiger partial charge on any atom is 0.142 e. The van der Waals surface area contributed by atoms with Gasteiger partial charge in [-0.2, -0.15) is 0 Å². The van der Waals surface area contributed by atoms with E-state index in [1.165, 1.54) is 12.1 Å². The average Bonchev–Trinajstić information content (AvgIpc) is 2.89. The number of halogens is 2. The van der Waals surface area contributed by atoms with Gasteiger partial charge in [-0.15, -0.1) is 0 Å². The highest BCUT2D eigenvalue weighted by atomic mass is 35.5. The van der Waals surface area contributed by atoms with Gasteiger partial charge in [0.1, 0.15) is 18.2 Å². The summed E-state index contributed by atoms with van der Waals surface area (Å²) >= 11 is 6.48. The van der Waals surface area contributed by atoms with Crippen LogP contribution in [-0.4, -0.2) is 30.9 Å². The van der Waals surface area contributed by atoms with Crippen molar-refractivity contribution in [3.05, 3.63) is 59.0 Å². The topological polar surface area (TPSA) is 35.4 Å². The number of fused-ring (bicyclic) bond motifs is 2. The molecule has 1 aromatic heterocycles. The molecule has 0 radical (unpaired) electrons. The molecule has 130 valence electrons. The van der Waals surface area contributed by atoms with Crippen molar-refractivity contribution < 1.29 is 13.9 Å². The minimum Gasteiger partial charge on any atom is -0.490 e. The van der Waals surface area contributed by atoms with Gasteiger partial charge >= 0.3 is 0 Å². The molecule has 1 N–H and O–H groups in total. The zero-order valence-electron chi connectivity index (χ0n) is 13.8. The Labute approximate surface area is 150 Å². The molecule has 2 heterocycles. The molecule has 1 aliphatic heterocycles. The minimum absolute atomic E-state index is 0.118. The fraction of sp³-hybridized carbons (Fsp3) is 0.263. The van der Waals surface area contributed by atoms with Gasteiger partial charge in [-0.05, 0) is 36.4 Å². The Hall–Kier alpha value is -2.08. The van der Waals surface area contributed by atoms with Gasteiger partial charge in [0, 0.05) is 36.5 Å². The Morgan fingerprint density at radius 3 is 3.04 bits per heavy atom. The maximum absolute atomic E-state index is 13.4. The highest BCUT2D eigenvalue weighted by Gasteiger charge is 2.20. The van der Waals surface area contributed by atoms with E-state index in [1.54, 1.807) is 13.2 Å². The first-order valence-electron chi connectivity index (χ1n) is 8.10. The van der Waals surface area contributed by atoms with Gasteiger partial charge in [0.2, 0.25) is 0 Å². The molecule has 3 aromatic rings. The fourth-order valence-electron chi connectivity index (χ4n) is 3.21. The van der Waals surface area contributed by atoms with Gasteiger partial charge in [-0.1, -0.05) is 11.6 Å². The molecule has 0 amide bonds. The number of aromatic nitrogens is 1. The molecule has 0 aliphatic carbocycles. The zero-order valence-corrected chi connectivity index (χ0v) is 14.5. The molecule has 0 fully saturated rings. The number of benzene rings is 2. The van der Waals surface area contributed by atoms with Crippen molar-refractivity contribution in [1.29, 1.82) is 0 Å². The lowest BCUT2D eigenvalue weighted by molar-refractivity contribution is 0.140. The van der Waals surface area contributed by atoms with Gasteiger partial charge in [0.15, 0.2) is 0 Å². The molecule has 1 unspecified atom stereocenters. The summed E-state index contributed by atoms with van der Waals surface area (Å²) in [6, 6.07) is 10.7. The third-order valence-electron chi connectivity index (χ3n) is 4.41. The summed E-state index contributed by atoms with van der Waals surface area (Å²) in [7, 11) is 1.67. The van der Waals surface area contributed by atoms with Gasteiger partial charge in [0.25, 0.3) is 0 Å². The Balaban J connectivity index is 1.74. The van der Waals surface area contributed by atoms with Crippen LogP contribution in [0.3, 0.4) is 0 Å². The fourth-order valence-corrected chi connectivity index (χ4v) is 3.50. The van der Waals surface area contributed by atoms with Crippen LogP contribution < -0.4 is 10.1 Å². The second-order valence-electron chi connectivity index (χ2n) is 6.15. The number of ether oxygens (including phenoxy) is 2. The van der Waals surface area contributed by atoms with Crippen molar-refractivity contribution in [2.75, 3.05) is 20.3 Å². The largest absolute Gasteiger partial charge is 0.490 e. The second-order valence-corrected chi connectivity index (χ2v) is 6.56. The SMILES string of the molecule is COCC1COc2c(Cl)cc(-n3ccc4cc(F)ccc43)cc2CN1. The van der Waals surface area contributed by atoms with E-state index < -0.39 is 0 Å². The van der Waals surface area contributed by atoms with Crippen LogP contribution in [0.15, 0.2) is 42.6 Å². The van der Waals surface area contributed by atoms with Crippen molar-refractivity contribution in [3.63, 3.8) is 0 Å². The van der Waals surface area contributed by atoms with Crippen LogP contribution in [0.1, 0.15) is 5.56 Å². The number of hydrogen-bond donors (Lipinski definition) is 1. The highest BCUT2D eigenvalue weighted by Crippen LogP contribution is 2.34. The first kappa shape index (κ1) is 16.4. The quantitative estimate of drug-likeness (QED) is 0.769. The average molecular weight is 361 g/mol. The Bertz CT molecular complexity index is 925. The third-order valence-corrected chi connectivity index (χ3v) is 4.69. The predicted octanol–water partition coefficient (Wildman–Crippen LogP) is 3.92. The van der Waals surface area contributed by atoms with E-state index in [4.69, 9.17) is 21.1 Å². The molecule has 25 heavy (non-hydrogen) atoms. The molecule has 1 aliphatic rings. The lowest BCUT2D eigenvalue weighted by Crippen LogP contribution is -2.36. The van der Waals surface area contributed by atoms with Gasteiger partial charge in [-0.3, -0.25) is 0 Å². The predicted molar refractivity (Wildman–Crippen MR) is 96.2 cm³/mol.